The second-order valence-corrected chi connectivity index (χ2v) is 8.22. The van der Waals surface area contributed by atoms with Gasteiger partial charge in [-0.1, -0.05) is 20.3 Å². The van der Waals surface area contributed by atoms with Crippen molar-refractivity contribution in [1.29, 1.82) is 0 Å². The highest BCUT2D eigenvalue weighted by molar-refractivity contribution is 7.13. The fourth-order valence-corrected chi connectivity index (χ4v) is 5.13. The number of carbonyl (C=O) groups excluding carboxylic acids is 1. The van der Waals surface area contributed by atoms with Crippen molar-refractivity contribution in [3.8, 4) is 0 Å². The smallest absolute Gasteiger partial charge is 0.265 e. The van der Waals surface area contributed by atoms with Crippen LogP contribution in [0.5, 0.6) is 0 Å². The molecule has 1 aromatic rings. The summed E-state index contributed by atoms with van der Waals surface area (Å²) in [5.74, 6) is 0.773. The summed E-state index contributed by atoms with van der Waals surface area (Å²) in [5, 5.41) is 0.752. The highest BCUT2D eigenvalue weighted by Crippen LogP contribution is 2.49. The number of aromatic nitrogens is 1. The van der Waals surface area contributed by atoms with E-state index in [1.54, 1.807) is 6.20 Å². The number of nitrogens with zero attached hydrogens (tertiary/aromatic N) is 2. The molecule has 3 fully saturated rings. The molecule has 5 nitrogen and oxygen atoms in total. The Bertz CT molecular complexity index is 580. The Labute approximate surface area is 134 Å². The lowest BCUT2D eigenvalue weighted by atomic mass is 9.80. The Balaban J connectivity index is 1.54. The van der Waals surface area contributed by atoms with E-state index in [0.29, 0.717) is 30.1 Å². The first-order valence-electron chi connectivity index (χ1n) is 8.06. The summed E-state index contributed by atoms with van der Waals surface area (Å²) in [6, 6.07) is 0.409. The standard InChI is InChI=1S/C16H22N2O3S/c1-16(2)9-18(11-5-3-4-10(11)16)14(19)12-8-17-13(22-12)15-20-6-7-21-15/h8,10-11,15H,3-7,9H2,1-2H3. The summed E-state index contributed by atoms with van der Waals surface area (Å²) < 4.78 is 10.9. The summed E-state index contributed by atoms with van der Waals surface area (Å²) >= 11 is 1.41. The molecule has 1 amide bonds. The minimum absolute atomic E-state index is 0.129. The molecule has 6 heteroatoms. The second kappa shape index (κ2) is 5.28. The molecule has 0 spiro atoms. The van der Waals surface area contributed by atoms with Crippen molar-refractivity contribution < 1.29 is 14.3 Å². The summed E-state index contributed by atoms with van der Waals surface area (Å²) in [7, 11) is 0. The predicted octanol–water partition coefficient (Wildman–Crippen LogP) is 2.84. The van der Waals surface area contributed by atoms with Gasteiger partial charge < -0.3 is 14.4 Å². The maximum absolute atomic E-state index is 12.9. The van der Waals surface area contributed by atoms with Crippen LogP contribution in [0, 0.1) is 11.3 Å². The van der Waals surface area contributed by atoms with Crippen LogP contribution in [0.1, 0.15) is 54.1 Å². The summed E-state index contributed by atoms with van der Waals surface area (Å²) in [5.41, 5.74) is 0.224. The second-order valence-electron chi connectivity index (χ2n) is 7.16. The lowest BCUT2D eigenvalue weighted by molar-refractivity contribution is -0.0442. The fraction of sp³-hybridized carbons (Fsp3) is 0.750. The van der Waals surface area contributed by atoms with E-state index in [4.69, 9.17) is 9.47 Å². The van der Waals surface area contributed by atoms with Gasteiger partial charge >= 0.3 is 0 Å². The largest absolute Gasteiger partial charge is 0.344 e. The van der Waals surface area contributed by atoms with Crippen molar-refractivity contribution in [3.05, 3.63) is 16.1 Å². The first kappa shape index (κ1) is 14.6. The molecule has 0 aromatic carbocycles. The number of rotatable bonds is 2. The van der Waals surface area contributed by atoms with E-state index < -0.39 is 0 Å². The van der Waals surface area contributed by atoms with Crippen molar-refractivity contribution >= 4 is 17.2 Å². The van der Waals surface area contributed by atoms with Gasteiger partial charge in [0.25, 0.3) is 5.91 Å². The number of amides is 1. The number of likely N-dealkylation sites (tertiary alicyclic amines) is 1. The summed E-state index contributed by atoms with van der Waals surface area (Å²) in [4.78, 5) is 20.0. The molecule has 4 rings (SSSR count). The zero-order valence-electron chi connectivity index (χ0n) is 13.1. The van der Waals surface area contributed by atoms with Crippen molar-refractivity contribution in [2.45, 2.75) is 45.4 Å². The highest BCUT2D eigenvalue weighted by atomic mass is 32.1. The van der Waals surface area contributed by atoms with Crippen molar-refractivity contribution in [2.24, 2.45) is 11.3 Å². The molecular formula is C16H22N2O3S. The third-order valence-electron chi connectivity index (χ3n) is 5.28. The molecule has 3 aliphatic rings. The number of hydrogen-bond donors (Lipinski definition) is 0. The maximum atomic E-state index is 12.9. The molecule has 2 aliphatic heterocycles. The number of thiazole rings is 1. The monoisotopic (exact) mass is 322 g/mol. The van der Waals surface area contributed by atoms with Crippen LogP contribution in [-0.4, -0.2) is 41.6 Å². The van der Waals surface area contributed by atoms with E-state index in [1.165, 1.54) is 24.2 Å². The van der Waals surface area contributed by atoms with E-state index in [1.807, 2.05) is 0 Å². The molecule has 22 heavy (non-hydrogen) atoms. The number of ether oxygens (including phenoxy) is 2. The topological polar surface area (TPSA) is 51.7 Å². The van der Waals surface area contributed by atoms with Gasteiger partial charge in [-0.05, 0) is 24.2 Å². The van der Waals surface area contributed by atoms with Crippen molar-refractivity contribution in [3.63, 3.8) is 0 Å². The van der Waals surface area contributed by atoms with Crippen LogP contribution in [0.2, 0.25) is 0 Å². The Kier molecular flexibility index (Phi) is 3.51. The van der Waals surface area contributed by atoms with Gasteiger partial charge in [0, 0.05) is 12.6 Å². The van der Waals surface area contributed by atoms with Gasteiger partial charge in [-0.2, -0.15) is 0 Å². The van der Waals surface area contributed by atoms with Gasteiger partial charge in [-0.3, -0.25) is 4.79 Å². The Morgan fingerprint density at radius 1 is 1.36 bits per heavy atom. The van der Waals surface area contributed by atoms with Crippen molar-refractivity contribution in [2.75, 3.05) is 19.8 Å². The molecule has 1 aliphatic carbocycles. The van der Waals surface area contributed by atoms with Crippen LogP contribution in [0.4, 0.5) is 0 Å². The van der Waals surface area contributed by atoms with Crippen LogP contribution >= 0.6 is 11.3 Å². The minimum atomic E-state index is -0.388. The first-order chi connectivity index (χ1) is 10.6. The SMILES string of the molecule is CC1(C)CN(C(=O)c2cnc(C3OCCO3)s2)C2CCCC21. The van der Waals surface area contributed by atoms with E-state index >= 15 is 0 Å². The van der Waals surface area contributed by atoms with Gasteiger partial charge in [0.05, 0.1) is 19.4 Å². The number of hydrogen-bond acceptors (Lipinski definition) is 5. The third kappa shape index (κ3) is 2.28. The van der Waals surface area contributed by atoms with E-state index in [9.17, 15) is 4.79 Å². The Hall–Kier alpha value is -0.980. The zero-order valence-corrected chi connectivity index (χ0v) is 13.9. The summed E-state index contributed by atoms with van der Waals surface area (Å²) in [6.45, 7) is 6.63. The molecule has 0 radical (unpaired) electrons. The molecule has 2 atom stereocenters. The molecule has 0 bridgehead atoms. The average molecular weight is 322 g/mol. The number of carbonyl (C=O) groups is 1. The average Bonchev–Trinajstić information content (AvgIpc) is 3.25. The van der Waals surface area contributed by atoms with Crippen LogP contribution in [-0.2, 0) is 9.47 Å². The van der Waals surface area contributed by atoms with Gasteiger partial charge in [-0.15, -0.1) is 11.3 Å². The van der Waals surface area contributed by atoms with Crippen LogP contribution in [0.15, 0.2) is 6.20 Å². The summed E-state index contributed by atoms with van der Waals surface area (Å²) in [6.07, 6.45) is 4.92. The van der Waals surface area contributed by atoms with Crippen LogP contribution in [0.3, 0.4) is 0 Å². The number of fused-ring (bicyclic) bond motifs is 1. The van der Waals surface area contributed by atoms with Gasteiger partial charge in [-0.25, -0.2) is 4.98 Å². The zero-order chi connectivity index (χ0) is 15.3. The minimum Gasteiger partial charge on any atom is -0.344 e. The molecular weight excluding hydrogens is 300 g/mol. The normalized spacial score (nSPS) is 30.9. The maximum Gasteiger partial charge on any atom is 0.265 e. The van der Waals surface area contributed by atoms with E-state index in [0.717, 1.165) is 18.0 Å². The lowest BCUT2D eigenvalue weighted by Gasteiger charge is -2.23. The molecule has 1 saturated carbocycles. The Morgan fingerprint density at radius 3 is 2.91 bits per heavy atom. The Morgan fingerprint density at radius 2 is 2.14 bits per heavy atom. The lowest BCUT2D eigenvalue weighted by Crippen LogP contribution is -2.35. The quantitative estimate of drug-likeness (QED) is 0.840. The molecule has 120 valence electrons. The van der Waals surface area contributed by atoms with E-state index in [-0.39, 0.29) is 17.6 Å². The molecule has 1 aromatic heterocycles. The highest BCUT2D eigenvalue weighted by Gasteiger charge is 2.50. The molecule has 3 heterocycles. The third-order valence-corrected chi connectivity index (χ3v) is 6.29. The van der Waals surface area contributed by atoms with E-state index in [2.05, 4.69) is 23.7 Å². The van der Waals surface area contributed by atoms with Gasteiger partial charge in [0.1, 0.15) is 9.88 Å². The predicted molar refractivity (Wildman–Crippen MR) is 82.7 cm³/mol. The molecule has 2 unspecified atom stereocenters. The molecule has 2 saturated heterocycles. The fourth-order valence-electron chi connectivity index (χ4n) is 4.26. The molecule has 0 N–H and O–H groups in total. The first-order valence-corrected chi connectivity index (χ1v) is 8.88. The van der Waals surface area contributed by atoms with Crippen molar-refractivity contribution in [1.82, 2.24) is 9.88 Å². The van der Waals surface area contributed by atoms with Crippen LogP contribution in [0.25, 0.3) is 0 Å². The van der Waals surface area contributed by atoms with Crippen LogP contribution < -0.4 is 0 Å². The van der Waals surface area contributed by atoms with Gasteiger partial charge in [0.15, 0.2) is 0 Å². The van der Waals surface area contributed by atoms with Gasteiger partial charge in [0.2, 0.25) is 6.29 Å².